The van der Waals surface area contributed by atoms with Crippen LogP contribution in [0, 0.1) is 5.92 Å². The van der Waals surface area contributed by atoms with Crippen LogP contribution in [0.3, 0.4) is 0 Å². The number of amidine groups is 1. The van der Waals surface area contributed by atoms with E-state index in [2.05, 4.69) is 26.1 Å². The molecule has 1 aliphatic rings. The van der Waals surface area contributed by atoms with E-state index in [9.17, 15) is 0 Å². The predicted molar refractivity (Wildman–Crippen MR) is 71.1 cm³/mol. The van der Waals surface area contributed by atoms with Crippen LogP contribution in [-0.2, 0) is 0 Å². The molecule has 1 heterocycles. The molecule has 3 nitrogen and oxygen atoms in total. The molecule has 1 aromatic carbocycles. The highest BCUT2D eigenvalue weighted by molar-refractivity contribution is 9.10. The lowest BCUT2D eigenvalue weighted by Gasteiger charge is -2.16. The minimum atomic E-state index is 0.232. The van der Waals surface area contributed by atoms with Crippen molar-refractivity contribution in [3.8, 4) is 0 Å². The smallest absolute Gasteiger partial charge is 0.125 e. The summed E-state index contributed by atoms with van der Waals surface area (Å²) in [4.78, 5) is 0. The molecular weight excluding hydrogens is 289 g/mol. The van der Waals surface area contributed by atoms with E-state index >= 15 is 0 Å². The molecular formula is C11H11BrClN3. The van der Waals surface area contributed by atoms with E-state index in [1.807, 2.05) is 25.1 Å². The van der Waals surface area contributed by atoms with Crippen molar-refractivity contribution in [3.63, 3.8) is 0 Å². The highest BCUT2D eigenvalue weighted by Crippen LogP contribution is 2.25. The Labute approximate surface area is 108 Å². The SMILES string of the molecule is CC1CC(c2ccc(Cl)cc2Br)=NN=C1N. The molecule has 0 saturated carbocycles. The van der Waals surface area contributed by atoms with E-state index in [-0.39, 0.29) is 5.92 Å². The van der Waals surface area contributed by atoms with E-state index in [1.165, 1.54) is 0 Å². The van der Waals surface area contributed by atoms with Crippen LogP contribution in [0.2, 0.25) is 5.02 Å². The molecule has 0 bridgehead atoms. The Bertz CT molecular complexity index is 482. The lowest BCUT2D eigenvalue weighted by Crippen LogP contribution is -2.26. The monoisotopic (exact) mass is 299 g/mol. The third-order valence-electron chi connectivity index (χ3n) is 2.53. The van der Waals surface area contributed by atoms with Gasteiger partial charge in [-0.2, -0.15) is 5.10 Å². The Balaban J connectivity index is 2.39. The normalized spacial score (nSPS) is 20.3. The van der Waals surface area contributed by atoms with E-state index in [0.29, 0.717) is 10.9 Å². The van der Waals surface area contributed by atoms with Gasteiger partial charge in [-0.25, -0.2) is 0 Å². The van der Waals surface area contributed by atoms with Gasteiger partial charge in [-0.05, 0) is 12.1 Å². The third-order valence-corrected chi connectivity index (χ3v) is 3.42. The van der Waals surface area contributed by atoms with Crippen molar-refractivity contribution >= 4 is 39.1 Å². The maximum Gasteiger partial charge on any atom is 0.125 e. The van der Waals surface area contributed by atoms with Gasteiger partial charge in [0.1, 0.15) is 5.84 Å². The third kappa shape index (κ3) is 2.28. The summed E-state index contributed by atoms with van der Waals surface area (Å²) >= 11 is 9.36. The molecule has 0 aliphatic carbocycles. The van der Waals surface area contributed by atoms with E-state index < -0.39 is 0 Å². The summed E-state index contributed by atoms with van der Waals surface area (Å²) in [6.07, 6.45) is 0.801. The van der Waals surface area contributed by atoms with E-state index in [0.717, 1.165) is 22.2 Å². The molecule has 0 radical (unpaired) electrons. The Kier molecular flexibility index (Phi) is 3.30. The number of halogens is 2. The first-order valence-electron chi connectivity index (χ1n) is 4.93. The van der Waals surface area contributed by atoms with Gasteiger partial charge in [0, 0.05) is 27.4 Å². The number of hydrogen-bond acceptors (Lipinski definition) is 3. The second kappa shape index (κ2) is 4.55. The topological polar surface area (TPSA) is 50.7 Å². The first kappa shape index (κ1) is 11.6. The van der Waals surface area contributed by atoms with Crippen molar-refractivity contribution in [2.75, 3.05) is 0 Å². The minimum absolute atomic E-state index is 0.232. The molecule has 0 aromatic heterocycles. The first-order valence-corrected chi connectivity index (χ1v) is 6.10. The van der Waals surface area contributed by atoms with E-state index in [4.69, 9.17) is 17.3 Å². The van der Waals surface area contributed by atoms with Gasteiger partial charge in [-0.1, -0.05) is 40.5 Å². The van der Waals surface area contributed by atoms with Crippen LogP contribution in [0.5, 0.6) is 0 Å². The number of nitrogens with zero attached hydrogens (tertiary/aromatic N) is 2. The zero-order valence-corrected chi connectivity index (χ0v) is 11.1. The van der Waals surface area contributed by atoms with Crippen molar-refractivity contribution in [3.05, 3.63) is 33.3 Å². The fourth-order valence-corrected chi connectivity index (χ4v) is 2.45. The number of hydrogen-bond donors (Lipinski definition) is 1. The molecule has 1 aliphatic heterocycles. The molecule has 16 heavy (non-hydrogen) atoms. The molecule has 0 fully saturated rings. The zero-order chi connectivity index (χ0) is 11.7. The second-order valence-corrected chi connectivity index (χ2v) is 5.09. The quantitative estimate of drug-likeness (QED) is 0.850. The average molecular weight is 301 g/mol. The van der Waals surface area contributed by atoms with Crippen molar-refractivity contribution in [1.29, 1.82) is 0 Å². The molecule has 1 unspecified atom stereocenters. The van der Waals surface area contributed by atoms with Gasteiger partial charge in [0.05, 0.1) is 5.71 Å². The van der Waals surface area contributed by atoms with Gasteiger partial charge >= 0.3 is 0 Å². The Morgan fingerprint density at radius 2 is 2.19 bits per heavy atom. The van der Waals surface area contributed by atoms with Crippen LogP contribution in [0.4, 0.5) is 0 Å². The molecule has 0 saturated heterocycles. The summed E-state index contributed by atoms with van der Waals surface area (Å²) in [5.74, 6) is 0.823. The van der Waals surface area contributed by atoms with Crippen LogP contribution >= 0.6 is 27.5 Å². The van der Waals surface area contributed by atoms with Crippen molar-refractivity contribution in [2.24, 2.45) is 21.9 Å². The summed E-state index contributed by atoms with van der Waals surface area (Å²) in [7, 11) is 0. The summed E-state index contributed by atoms with van der Waals surface area (Å²) in [6, 6.07) is 5.64. The molecule has 5 heteroatoms. The summed E-state index contributed by atoms with van der Waals surface area (Å²) in [6.45, 7) is 2.04. The van der Waals surface area contributed by atoms with Crippen LogP contribution in [0.25, 0.3) is 0 Å². The molecule has 0 spiro atoms. The van der Waals surface area contributed by atoms with Crippen molar-refractivity contribution in [2.45, 2.75) is 13.3 Å². The zero-order valence-electron chi connectivity index (χ0n) is 8.74. The molecule has 84 valence electrons. The average Bonchev–Trinajstić information content (AvgIpc) is 2.22. The van der Waals surface area contributed by atoms with Crippen LogP contribution in [0.1, 0.15) is 18.9 Å². The van der Waals surface area contributed by atoms with Crippen LogP contribution < -0.4 is 5.73 Å². The van der Waals surface area contributed by atoms with Crippen molar-refractivity contribution < 1.29 is 0 Å². The van der Waals surface area contributed by atoms with Crippen LogP contribution in [0.15, 0.2) is 32.9 Å². The second-order valence-electron chi connectivity index (χ2n) is 3.80. The standard InChI is InChI=1S/C11H11BrClN3/c1-6-4-10(15-16-11(6)14)8-3-2-7(13)5-9(8)12/h2-3,5-6H,4H2,1H3,(H2,14,16). The van der Waals surface area contributed by atoms with Gasteiger partial charge in [-0.3, -0.25) is 0 Å². The Morgan fingerprint density at radius 3 is 2.81 bits per heavy atom. The van der Waals surface area contributed by atoms with Gasteiger partial charge in [0.15, 0.2) is 0 Å². The van der Waals surface area contributed by atoms with Crippen LogP contribution in [-0.4, -0.2) is 11.5 Å². The fourth-order valence-electron chi connectivity index (χ4n) is 1.54. The minimum Gasteiger partial charge on any atom is -0.385 e. The summed E-state index contributed by atoms with van der Waals surface area (Å²) in [5.41, 5.74) is 7.65. The molecule has 2 rings (SSSR count). The highest BCUT2D eigenvalue weighted by Gasteiger charge is 2.18. The number of rotatable bonds is 1. The Hall–Kier alpha value is -0.870. The molecule has 1 aromatic rings. The highest BCUT2D eigenvalue weighted by atomic mass is 79.9. The maximum atomic E-state index is 5.89. The largest absolute Gasteiger partial charge is 0.385 e. The number of nitrogens with two attached hydrogens (primary N) is 1. The summed E-state index contributed by atoms with van der Waals surface area (Å²) in [5, 5.41) is 8.79. The Morgan fingerprint density at radius 1 is 1.44 bits per heavy atom. The lowest BCUT2D eigenvalue weighted by molar-refractivity contribution is 0.779. The predicted octanol–water partition coefficient (Wildman–Crippen LogP) is 3.20. The van der Waals surface area contributed by atoms with Gasteiger partial charge in [0.2, 0.25) is 0 Å². The number of benzene rings is 1. The van der Waals surface area contributed by atoms with E-state index in [1.54, 1.807) is 0 Å². The maximum absolute atomic E-state index is 5.89. The molecule has 1 atom stereocenters. The fraction of sp³-hybridized carbons (Fsp3) is 0.273. The summed E-state index contributed by atoms with van der Waals surface area (Å²) < 4.78 is 0.932. The lowest BCUT2D eigenvalue weighted by atomic mass is 9.97. The van der Waals surface area contributed by atoms with Gasteiger partial charge in [-0.15, -0.1) is 5.10 Å². The van der Waals surface area contributed by atoms with Gasteiger partial charge in [0.25, 0.3) is 0 Å². The van der Waals surface area contributed by atoms with Gasteiger partial charge < -0.3 is 5.73 Å². The molecule has 0 amide bonds. The first-order chi connectivity index (χ1) is 7.58. The van der Waals surface area contributed by atoms with Crippen molar-refractivity contribution in [1.82, 2.24) is 0 Å². The molecule has 2 N–H and O–H groups in total.